The number of carbonyl (C=O) groups is 1. The van der Waals surface area contributed by atoms with E-state index in [1.807, 2.05) is 24.3 Å². The first-order valence-electron chi connectivity index (χ1n) is 7.41. The summed E-state index contributed by atoms with van der Waals surface area (Å²) in [5, 5.41) is 21.0. The summed E-state index contributed by atoms with van der Waals surface area (Å²) >= 11 is 0. The van der Waals surface area contributed by atoms with Crippen LogP contribution in [0.5, 0.6) is 5.75 Å². The Morgan fingerprint density at radius 2 is 2.05 bits per heavy atom. The minimum Gasteiger partial charge on any atom is -0.494 e. The second-order valence-electron chi connectivity index (χ2n) is 4.92. The number of unbranched alkanes of at least 4 members (excludes halogenated alkanes) is 1. The Bertz CT molecular complexity index is 610. The van der Waals surface area contributed by atoms with Crippen LogP contribution in [0, 0.1) is 0 Å². The molecule has 2 rings (SSSR count). The first kappa shape index (κ1) is 15.9. The lowest BCUT2D eigenvalue weighted by atomic mass is 10.2. The van der Waals surface area contributed by atoms with Crippen molar-refractivity contribution >= 4 is 5.97 Å². The summed E-state index contributed by atoms with van der Waals surface area (Å²) in [6.07, 6.45) is 2.51. The number of hydrogen-bond donors (Lipinski definition) is 1. The number of aromatic nitrogens is 4. The topological polar surface area (TPSA) is 90.1 Å². The van der Waals surface area contributed by atoms with Crippen molar-refractivity contribution in [2.75, 3.05) is 6.61 Å². The van der Waals surface area contributed by atoms with Crippen molar-refractivity contribution in [3.8, 4) is 17.1 Å². The summed E-state index contributed by atoms with van der Waals surface area (Å²) < 4.78 is 5.59. The van der Waals surface area contributed by atoms with E-state index in [9.17, 15) is 4.79 Å². The fraction of sp³-hybridized carbons (Fsp3) is 0.467. The monoisotopic (exact) mass is 304 g/mol. The van der Waals surface area contributed by atoms with E-state index in [1.54, 1.807) is 6.92 Å². The third-order valence-electron chi connectivity index (χ3n) is 3.26. The zero-order valence-electron chi connectivity index (χ0n) is 12.8. The lowest BCUT2D eigenvalue weighted by molar-refractivity contribution is -0.141. The molecule has 1 aromatic heterocycles. The van der Waals surface area contributed by atoms with Gasteiger partial charge in [0.1, 0.15) is 5.75 Å². The zero-order valence-corrected chi connectivity index (χ0v) is 12.8. The third kappa shape index (κ3) is 3.81. The normalized spacial score (nSPS) is 12.1. The van der Waals surface area contributed by atoms with Crippen molar-refractivity contribution < 1.29 is 14.6 Å². The Morgan fingerprint density at radius 1 is 1.32 bits per heavy atom. The highest BCUT2D eigenvalue weighted by atomic mass is 16.5. The minimum atomic E-state index is -0.967. The minimum absolute atomic E-state index is 0.398. The molecule has 0 saturated heterocycles. The van der Waals surface area contributed by atoms with Crippen LogP contribution in [0.15, 0.2) is 24.3 Å². The van der Waals surface area contributed by atoms with E-state index >= 15 is 0 Å². The van der Waals surface area contributed by atoms with E-state index in [-0.39, 0.29) is 0 Å². The molecule has 1 heterocycles. The van der Waals surface area contributed by atoms with E-state index in [0.29, 0.717) is 18.9 Å². The van der Waals surface area contributed by atoms with Crippen LogP contribution in [0.25, 0.3) is 11.4 Å². The second-order valence-corrected chi connectivity index (χ2v) is 4.92. The summed E-state index contributed by atoms with van der Waals surface area (Å²) in [7, 11) is 0. The molecule has 1 N–H and O–H groups in total. The van der Waals surface area contributed by atoms with Crippen LogP contribution in [0.3, 0.4) is 0 Å². The molecule has 1 unspecified atom stereocenters. The van der Waals surface area contributed by atoms with Gasteiger partial charge in [0.25, 0.3) is 0 Å². The Balaban J connectivity index is 2.09. The molecule has 118 valence electrons. The van der Waals surface area contributed by atoms with E-state index in [1.165, 1.54) is 0 Å². The number of tetrazole rings is 1. The highest BCUT2D eigenvalue weighted by molar-refractivity contribution is 5.71. The molecule has 0 spiro atoms. The Hall–Kier alpha value is -2.44. The van der Waals surface area contributed by atoms with Crippen molar-refractivity contribution in [1.82, 2.24) is 20.2 Å². The third-order valence-corrected chi connectivity index (χ3v) is 3.26. The SMILES string of the molecule is CCCCOc1ccc(-c2nnn(C(CC)C(=O)O)n2)cc1. The lowest BCUT2D eigenvalue weighted by Gasteiger charge is -2.06. The van der Waals surface area contributed by atoms with E-state index < -0.39 is 12.0 Å². The van der Waals surface area contributed by atoms with Crippen molar-refractivity contribution in [2.24, 2.45) is 0 Å². The molecular weight excluding hydrogens is 284 g/mol. The molecule has 7 heteroatoms. The first-order chi connectivity index (χ1) is 10.7. The molecule has 0 amide bonds. The summed E-state index contributed by atoms with van der Waals surface area (Å²) in [6.45, 7) is 4.58. The molecule has 0 aliphatic carbocycles. The van der Waals surface area contributed by atoms with Gasteiger partial charge in [-0.1, -0.05) is 20.3 Å². The maximum atomic E-state index is 11.1. The number of carboxylic acids is 1. The number of benzene rings is 1. The van der Waals surface area contributed by atoms with Gasteiger partial charge in [0.05, 0.1) is 6.61 Å². The lowest BCUT2D eigenvalue weighted by Crippen LogP contribution is -2.20. The fourth-order valence-corrected chi connectivity index (χ4v) is 1.94. The van der Waals surface area contributed by atoms with Gasteiger partial charge in [-0.3, -0.25) is 0 Å². The Kier molecular flexibility index (Phi) is 5.46. The van der Waals surface area contributed by atoms with Crippen LogP contribution in [-0.4, -0.2) is 37.9 Å². The van der Waals surface area contributed by atoms with Crippen LogP contribution >= 0.6 is 0 Å². The molecule has 1 aromatic carbocycles. The molecule has 1 atom stereocenters. The van der Waals surface area contributed by atoms with Crippen molar-refractivity contribution in [1.29, 1.82) is 0 Å². The molecule has 22 heavy (non-hydrogen) atoms. The van der Waals surface area contributed by atoms with Gasteiger partial charge < -0.3 is 9.84 Å². The molecule has 7 nitrogen and oxygen atoms in total. The smallest absolute Gasteiger partial charge is 0.330 e. The van der Waals surface area contributed by atoms with Gasteiger partial charge in [0.15, 0.2) is 6.04 Å². The maximum absolute atomic E-state index is 11.1. The van der Waals surface area contributed by atoms with E-state index in [0.717, 1.165) is 29.0 Å². The molecular formula is C15H20N4O3. The van der Waals surface area contributed by atoms with Crippen molar-refractivity contribution in [2.45, 2.75) is 39.2 Å². The molecule has 0 radical (unpaired) electrons. The van der Waals surface area contributed by atoms with Gasteiger partial charge in [-0.2, -0.15) is 0 Å². The number of nitrogens with zero attached hydrogens (tertiary/aromatic N) is 4. The molecule has 0 saturated carbocycles. The van der Waals surface area contributed by atoms with Crippen LogP contribution in [-0.2, 0) is 4.79 Å². The van der Waals surface area contributed by atoms with Crippen LogP contribution in [0.2, 0.25) is 0 Å². The van der Waals surface area contributed by atoms with E-state index in [2.05, 4.69) is 22.3 Å². The Morgan fingerprint density at radius 3 is 2.64 bits per heavy atom. The van der Waals surface area contributed by atoms with Crippen LogP contribution in [0.4, 0.5) is 0 Å². The number of aliphatic carboxylic acids is 1. The molecule has 0 fully saturated rings. The van der Waals surface area contributed by atoms with Crippen molar-refractivity contribution in [3.63, 3.8) is 0 Å². The highest BCUT2D eigenvalue weighted by Gasteiger charge is 2.20. The number of ether oxygens (including phenoxy) is 1. The summed E-state index contributed by atoms with van der Waals surface area (Å²) in [5.41, 5.74) is 0.773. The van der Waals surface area contributed by atoms with Gasteiger partial charge in [0.2, 0.25) is 5.82 Å². The summed E-state index contributed by atoms with van der Waals surface area (Å²) in [6, 6.07) is 6.58. The predicted octanol–water partition coefficient (Wildman–Crippen LogP) is 2.55. The zero-order chi connectivity index (χ0) is 15.9. The van der Waals surface area contributed by atoms with Gasteiger partial charge in [-0.15, -0.1) is 15.0 Å². The van der Waals surface area contributed by atoms with Gasteiger partial charge >= 0.3 is 5.97 Å². The summed E-state index contributed by atoms with van der Waals surface area (Å²) in [5.74, 6) is 0.229. The first-order valence-corrected chi connectivity index (χ1v) is 7.41. The number of hydrogen-bond acceptors (Lipinski definition) is 5. The number of rotatable bonds is 8. The summed E-state index contributed by atoms with van der Waals surface area (Å²) in [4.78, 5) is 12.2. The number of carboxylic acid groups (broad SMARTS) is 1. The van der Waals surface area contributed by atoms with E-state index in [4.69, 9.17) is 9.84 Å². The maximum Gasteiger partial charge on any atom is 0.330 e. The highest BCUT2D eigenvalue weighted by Crippen LogP contribution is 2.20. The average Bonchev–Trinajstić information content (AvgIpc) is 2.98. The largest absolute Gasteiger partial charge is 0.494 e. The Labute approximate surface area is 128 Å². The van der Waals surface area contributed by atoms with Gasteiger partial charge in [0, 0.05) is 5.56 Å². The second kappa shape index (κ2) is 7.53. The van der Waals surface area contributed by atoms with Gasteiger partial charge in [-0.25, -0.2) is 4.79 Å². The van der Waals surface area contributed by atoms with Gasteiger partial charge in [-0.05, 0) is 42.3 Å². The molecule has 0 aliphatic rings. The average molecular weight is 304 g/mol. The van der Waals surface area contributed by atoms with Crippen LogP contribution < -0.4 is 4.74 Å². The molecule has 2 aromatic rings. The standard InChI is InChI=1S/C15H20N4O3/c1-3-5-10-22-12-8-6-11(7-9-12)14-16-18-19(17-14)13(4-2)15(20)21/h6-9,13H,3-5,10H2,1-2H3,(H,20,21). The van der Waals surface area contributed by atoms with Crippen molar-refractivity contribution in [3.05, 3.63) is 24.3 Å². The quantitative estimate of drug-likeness (QED) is 0.754. The van der Waals surface area contributed by atoms with Crippen LogP contribution in [0.1, 0.15) is 39.2 Å². The fourth-order valence-electron chi connectivity index (χ4n) is 1.94. The molecule has 0 bridgehead atoms. The predicted molar refractivity (Wildman–Crippen MR) is 80.6 cm³/mol. The molecule has 0 aliphatic heterocycles.